The van der Waals surface area contributed by atoms with Gasteiger partial charge in [-0.3, -0.25) is 4.79 Å². The number of halogens is 1. The summed E-state index contributed by atoms with van der Waals surface area (Å²) in [5, 5.41) is 4.26. The van der Waals surface area contributed by atoms with Gasteiger partial charge in [0, 0.05) is 27.0 Å². The smallest absolute Gasteiger partial charge is 0.341 e. The number of ether oxygens (including phenoxy) is 1. The Bertz CT molecular complexity index is 832. The second-order valence-corrected chi connectivity index (χ2v) is 9.36. The Morgan fingerprint density at radius 1 is 1.33 bits per heavy atom. The van der Waals surface area contributed by atoms with Gasteiger partial charge in [0.15, 0.2) is 0 Å². The number of methoxy groups -OCH3 is 1. The molecule has 144 valence electrons. The monoisotopic (exact) mass is 423 g/mol. The number of hydrogen-bond acceptors (Lipinski definition) is 5. The molecule has 1 amide bonds. The van der Waals surface area contributed by atoms with E-state index in [1.165, 1.54) is 23.3 Å². The number of carbonyl (C=O) groups is 2. The van der Waals surface area contributed by atoms with Crippen LogP contribution in [-0.2, 0) is 22.4 Å². The normalized spacial score (nSPS) is 15.9. The van der Waals surface area contributed by atoms with Crippen molar-refractivity contribution in [3.05, 3.63) is 45.3 Å². The van der Waals surface area contributed by atoms with Crippen molar-refractivity contribution in [3.8, 4) is 0 Å². The molecule has 0 fully saturated rings. The Morgan fingerprint density at radius 3 is 2.78 bits per heavy atom. The number of nitrogens with one attached hydrogen (secondary N) is 1. The van der Waals surface area contributed by atoms with Gasteiger partial charge in [0.25, 0.3) is 0 Å². The van der Waals surface area contributed by atoms with E-state index in [1.807, 2.05) is 24.3 Å². The third-order valence-electron chi connectivity index (χ3n) is 4.57. The van der Waals surface area contributed by atoms with Crippen LogP contribution in [0.25, 0.3) is 0 Å². The van der Waals surface area contributed by atoms with E-state index >= 15 is 0 Å². The Labute approximate surface area is 172 Å². The quantitative estimate of drug-likeness (QED) is 0.497. The largest absolute Gasteiger partial charge is 0.465 e. The summed E-state index contributed by atoms with van der Waals surface area (Å²) < 4.78 is 4.96. The molecule has 1 heterocycles. The van der Waals surface area contributed by atoms with Crippen LogP contribution in [0.1, 0.15) is 40.6 Å². The van der Waals surface area contributed by atoms with E-state index in [-0.39, 0.29) is 11.9 Å². The molecule has 1 aliphatic rings. The van der Waals surface area contributed by atoms with E-state index in [0.29, 0.717) is 33.7 Å². The van der Waals surface area contributed by atoms with Crippen molar-refractivity contribution in [1.82, 2.24) is 0 Å². The minimum absolute atomic E-state index is 0.0896. The zero-order valence-corrected chi connectivity index (χ0v) is 17.7. The zero-order chi connectivity index (χ0) is 19.4. The number of anilines is 1. The van der Waals surface area contributed by atoms with E-state index in [2.05, 4.69) is 12.2 Å². The van der Waals surface area contributed by atoms with Gasteiger partial charge in [-0.05, 0) is 55.0 Å². The van der Waals surface area contributed by atoms with E-state index in [9.17, 15) is 9.59 Å². The first-order valence-electron chi connectivity index (χ1n) is 8.89. The fourth-order valence-electron chi connectivity index (χ4n) is 3.14. The highest BCUT2D eigenvalue weighted by Gasteiger charge is 2.28. The first kappa shape index (κ1) is 20.2. The molecule has 1 N–H and O–H groups in total. The summed E-state index contributed by atoms with van der Waals surface area (Å²) in [6, 6.07) is 7.55. The van der Waals surface area contributed by atoms with Gasteiger partial charge >= 0.3 is 5.97 Å². The van der Waals surface area contributed by atoms with Crippen LogP contribution >= 0.6 is 34.7 Å². The fourth-order valence-corrected chi connectivity index (χ4v) is 5.53. The topological polar surface area (TPSA) is 55.4 Å². The molecule has 1 unspecified atom stereocenters. The van der Waals surface area contributed by atoms with E-state index < -0.39 is 0 Å². The second kappa shape index (κ2) is 9.13. The Hall–Kier alpha value is -1.50. The van der Waals surface area contributed by atoms with Crippen LogP contribution in [-0.4, -0.2) is 24.7 Å². The maximum Gasteiger partial charge on any atom is 0.341 e. The fraction of sp³-hybridized carbons (Fsp3) is 0.400. The summed E-state index contributed by atoms with van der Waals surface area (Å²) in [4.78, 5) is 26.9. The van der Waals surface area contributed by atoms with Gasteiger partial charge in [0.1, 0.15) is 5.00 Å². The van der Waals surface area contributed by atoms with Crippen LogP contribution < -0.4 is 5.32 Å². The number of amides is 1. The lowest BCUT2D eigenvalue weighted by Gasteiger charge is -2.18. The van der Waals surface area contributed by atoms with Crippen LogP contribution in [0.15, 0.2) is 29.2 Å². The molecule has 3 rings (SSSR count). The number of carbonyl (C=O) groups excluding carboxylic acids is 2. The molecule has 7 heteroatoms. The molecule has 4 nitrogen and oxygen atoms in total. The van der Waals surface area contributed by atoms with Crippen molar-refractivity contribution in [2.45, 2.75) is 37.5 Å². The summed E-state index contributed by atoms with van der Waals surface area (Å²) >= 11 is 9.00. The van der Waals surface area contributed by atoms with Crippen LogP contribution in [0.2, 0.25) is 5.02 Å². The molecular formula is C20H22ClNO3S2. The van der Waals surface area contributed by atoms with Crippen molar-refractivity contribution in [3.63, 3.8) is 0 Å². The lowest BCUT2D eigenvalue weighted by atomic mass is 9.88. The second-order valence-electron chi connectivity index (χ2n) is 6.65. The lowest BCUT2D eigenvalue weighted by molar-refractivity contribution is -0.115. The van der Waals surface area contributed by atoms with Crippen molar-refractivity contribution in [2.24, 2.45) is 5.92 Å². The predicted octanol–water partition coefficient (Wildman–Crippen LogP) is 5.43. The van der Waals surface area contributed by atoms with Gasteiger partial charge in [-0.15, -0.1) is 23.1 Å². The minimum atomic E-state index is -0.368. The van der Waals surface area contributed by atoms with Gasteiger partial charge in [-0.2, -0.15) is 0 Å². The molecule has 0 spiro atoms. The Kier molecular flexibility index (Phi) is 6.84. The number of fused-ring (bicyclic) bond motifs is 1. The number of thioether (sulfide) groups is 1. The summed E-state index contributed by atoms with van der Waals surface area (Å²) in [5.41, 5.74) is 1.60. The molecule has 1 aromatic heterocycles. The van der Waals surface area contributed by atoms with Crippen molar-refractivity contribution in [1.29, 1.82) is 0 Å². The first-order chi connectivity index (χ1) is 13.0. The summed E-state index contributed by atoms with van der Waals surface area (Å²) in [5.74, 6) is 0.797. The third kappa shape index (κ3) is 5.06. The number of esters is 1. The van der Waals surface area contributed by atoms with Gasteiger partial charge in [0.05, 0.1) is 12.7 Å². The zero-order valence-electron chi connectivity index (χ0n) is 15.3. The molecule has 0 saturated carbocycles. The minimum Gasteiger partial charge on any atom is -0.465 e. The van der Waals surface area contributed by atoms with Crippen molar-refractivity contribution < 1.29 is 14.3 Å². The average molecular weight is 424 g/mol. The molecule has 2 aromatic rings. The van der Waals surface area contributed by atoms with E-state index in [0.717, 1.165) is 29.7 Å². The molecule has 0 bridgehead atoms. The standard InChI is InChI=1S/C20H22ClNO3S2/c1-12-3-8-15-16(11-12)27-19(18(15)20(24)25-2)22-17(23)9-10-26-14-6-4-13(21)5-7-14/h4-7,12H,3,8-11H2,1-2H3,(H,22,23). The molecule has 0 saturated heterocycles. The van der Waals surface area contributed by atoms with E-state index in [1.54, 1.807) is 11.8 Å². The first-order valence-corrected chi connectivity index (χ1v) is 11.1. The SMILES string of the molecule is COC(=O)c1c(NC(=O)CCSc2ccc(Cl)cc2)sc2c1CCC(C)C2. The Morgan fingerprint density at radius 2 is 2.07 bits per heavy atom. The highest BCUT2D eigenvalue weighted by atomic mass is 35.5. The van der Waals surface area contributed by atoms with Gasteiger partial charge in [-0.25, -0.2) is 4.79 Å². The molecular weight excluding hydrogens is 402 g/mol. The maximum atomic E-state index is 12.4. The number of benzene rings is 1. The van der Waals surface area contributed by atoms with Crippen LogP contribution in [0.3, 0.4) is 0 Å². The van der Waals surface area contributed by atoms with Crippen molar-refractivity contribution in [2.75, 3.05) is 18.2 Å². The van der Waals surface area contributed by atoms with Crippen LogP contribution in [0, 0.1) is 5.92 Å². The molecule has 0 aliphatic heterocycles. The van der Waals surface area contributed by atoms with Crippen LogP contribution in [0.4, 0.5) is 5.00 Å². The van der Waals surface area contributed by atoms with Crippen LogP contribution in [0.5, 0.6) is 0 Å². The number of hydrogen-bond donors (Lipinski definition) is 1. The average Bonchev–Trinajstić information content (AvgIpc) is 2.99. The summed E-state index contributed by atoms with van der Waals surface area (Å²) in [6.07, 6.45) is 3.23. The lowest BCUT2D eigenvalue weighted by Crippen LogP contribution is -2.16. The molecule has 1 aliphatic carbocycles. The third-order valence-corrected chi connectivity index (χ3v) is 7.00. The number of thiophene rings is 1. The highest BCUT2D eigenvalue weighted by molar-refractivity contribution is 7.99. The number of rotatable bonds is 6. The van der Waals surface area contributed by atoms with Gasteiger partial charge in [0.2, 0.25) is 5.91 Å². The maximum absolute atomic E-state index is 12.4. The highest BCUT2D eigenvalue weighted by Crippen LogP contribution is 2.40. The predicted molar refractivity (Wildman–Crippen MR) is 112 cm³/mol. The van der Waals surface area contributed by atoms with Crippen molar-refractivity contribution >= 4 is 51.6 Å². The van der Waals surface area contributed by atoms with Gasteiger partial charge < -0.3 is 10.1 Å². The molecule has 27 heavy (non-hydrogen) atoms. The Balaban J connectivity index is 1.64. The molecule has 1 atom stereocenters. The molecule has 0 radical (unpaired) electrons. The summed E-state index contributed by atoms with van der Waals surface area (Å²) in [6.45, 7) is 2.21. The summed E-state index contributed by atoms with van der Waals surface area (Å²) in [7, 11) is 1.38. The van der Waals surface area contributed by atoms with Gasteiger partial charge in [-0.1, -0.05) is 18.5 Å². The van der Waals surface area contributed by atoms with E-state index in [4.69, 9.17) is 16.3 Å². The molecule has 1 aromatic carbocycles.